The molecule has 1 aromatic heterocycles. The van der Waals surface area contributed by atoms with Gasteiger partial charge in [-0.1, -0.05) is 38.9 Å². The van der Waals surface area contributed by atoms with Crippen molar-refractivity contribution in [2.75, 3.05) is 0 Å². The van der Waals surface area contributed by atoms with Crippen molar-refractivity contribution in [3.8, 4) is 11.3 Å². The first kappa shape index (κ1) is 7.84. The van der Waals surface area contributed by atoms with Gasteiger partial charge in [0, 0.05) is 25.4 Å². The van der Waals surface area contributed by atoms with Gasteiger partial charge in [-0.3, -0.25) is 0 Å². The molecule has 0 aliphatic heterocycles. The SMILES string of the molecule is [2H]C([2H])(C)c1c[n+](C)c(-c2ccccc2C)cc1C([2H])(C)C([2H])([2H])[2H]. The van der Waals surface area contributed by atoms with E-state index in [0.29, 0.717) is 0 Å². The lowest BCUT2D eigenvalue weighted by atomic mass is 9.94. The summed E-state index contributed by atoms with van der Waals surface area (Å²) < 4.78 is 49.8. The van der Waals surface area contributed by atoms with Crippen LogP contribution in [-0.4, -0.2) is 0 Å². The van der Waals surface area contributed by atoms with Gasteiger partial charge in [-0.25, -0.2) is 4.57 Å². The van der Waals surface area contributed by atoms with Crippen molar-refractivity contribution in [2.45, 2.75) is 39.9 Å². The van der Waals surface area contributed by atoms with Gasteiger partial charge >= 0.3 is 0 Å². The Kier molecular flexibility index (Phi) is 2.29. The van der Waals surface area contributed by atoms with E-state index in [2.05, 4.69) is 0 Å². The second-order valence-electron chi connectivity index (χ2n) is 4.79. The van der Waals surface area contributed by atoms with Crippen LogP contribution in [0.1, 0.15) is 51.5 Å². The maximum absolute atomic E-state index is 8.48. The fourth-order valence-electron chi connectivity index (χ4n) is 2.29. The molecule has 0 spiro atoms. The van der Waals surface area contributed by atoms with E-state index in [4.69, 9.17) is 8.22 Å². The molecule has 2 rings (SSSR count). The molecular formula is C18H24N+. The summed E-state index contributed by atoms with van der Waals surface area (Å²) in [6.45, 7) is 2.10. The molecule has 0 fully saturated rings. The van der Waals surface area contributed by atoms with Gasteiger partial charge in [-0.2, -0.15) is 0 Å². The third kappa shape index (κ3) is 2.70. The molecule has 1 aromatic carbocycles. The van der Waals surface area contributed by atoms with Gasteiger partial charge in [0.1, 0.15) is 7.05 Å². The van der Waals surface area contributed by atoms with Gasteiger partial charge in [0.2, 0.25) is 5.69 Å². The quantitative estimate of drug-likeness (QED) is 0.729. The molecule has 1 heterocycles. The van der Waals surface area contributed by atoms with Crippen LogP contribution in [0.2, 0.25) is 0 Å². The van der Waals surface area contributed by atoms with Crippen LogP contribution < -0.4 is 4.57 Å². The van der Waals surface area contributed by atoms with Crippen molar-refractivity contribution >= 4 is 0 Å². The summed E-state index contributed by atoms with van der Waals surface area (Å²) in [5.41, 5.74) is 3.12. The summed E-state index contributed by atoms with van der Waals surface area (Å²) in [7, 11) is 1.80. The number of hydrogen-bond donors (Lipinski definition) is 0. The van der Waals surface area contributed by atoms with Crippen molar-refractivity contribution in [3.05, 3.63) is 53.2 Å². The van der Waals surface area contributed by atoms with Crippen LogP contribution in [0.3, 0.4) is 0 Å². The molecule has 19 heavy (non-hydrogen) atoms. The average molecular weight is 260 g/mol. The Bertz CT molecular complexity index is 787. The lowest BCUT2D eigenvalue weighted by Gasteiger charge is -2.13. The Labute approximate surface area is 125 Å². The van der Waals surface area contributed by atoms with Gasteiger partial charge in [-0.15, -0.1) is 0 Å². The van der Waals surface area contributed by atoms with E-state index in [1.807, 2.05) is 31.2 Å². The highest BCUT2D eigenvalue weighted by atomic mass is 14.9. The van der Waals surface area contributed by atoms with E-state index in [-0.39, 0.29) is 11.1 Å². The molecule has 0 N–H and O–H groups in total. The average Bonchev–Trinajstić information content (AvgIpc) is 2.45. The van der Waals surface area contributed by atoms with Gasteiger partial charge in [0.05, 0.1) is 0 Å². The van der Waals surface area contributed by atoms with Gasteiger partial charge in [-0.05, 0) is 36.4 Å². The van der Waals surface area contributed by atoms with Crippen molar-refractivity contribution in [2.24, 2.45) is 7.05 Å². The lowest BCUT2D eigenvalue weighted by Crippen LogP contribution is -2.32. The predicted octanol–water partition coefficient (Wildman–Crippen LogP) is 4.17. The molecule has 0 radical (unpaired) electrons. The van der Waals surface area contributed by atoms with Gasteiger partial charge in [0.25, 0.3) is 0 Å². The first-order valence-corrected chi connectivity index (χ1v) is 6.37. The molecule has 0 aliphatic carbocycles. The molecule has 1 nitrogen and oxygen atoms in total. The molecule has 100 valence electrons. The Morgan fingerprint density at radius 1 is 1.42 bits per heavy atom. The summed E-state index contributed by atoms with van der Waals surface area (Å²) in [5, 5.41) is 0. The Hall–Kier alpha value is -1.63. The molecule has 1 heteroatoms. The second kappa shape index (κ2) is 5.56. The minimum absolute atomic E-state index is 0.191. The van der Waals surface area contributed by atoms with E-state index in [9.17, 15) is 0 Å². The highest BCUT2D eigenvalue weighted by Gasteiger charge is 2.17. The second-order valence-corrected chi connectivity index (χ2v) is 4.79. The Morgan fingerprint density at radius 3 is 2.79 bits per heavy atom. The first-order chi connectivity index (χ1) is 11.3. The van der Waals surface area contributed by atoms with Crippen LogP contribution in [0.4, 0.5) is 0 Å². The molecule has 2 aromatic rings. The summed E-state index contributed by atoms with van der Waals surface area (Å²) >= 11 is 0. The van der Waals surface area contributed by atoms with E-state index >= 15 is 0 Å². The van der Waals surface area contributed by atoms with E-state index in [1.165, 1.54) is 13.8 Å². The van der Waals surface area contributed by atoms with Crippen LogP contribution in [0.15, 0.2) is 36.5 Å². The topological polar surface area (TPSA) is 3.88 Å². The van der Waals surface area contributed by atoms with Crippen LogP contribution in [0, 0.1) is 6.92 Å². The highest BCUT2D eigenvalue weighted by Crippen LogP contribution is 2.26. The van der Waals surface area contributed by atoms with E-state index < -0.39 is 19.1 Å². The molecule has 0 saturated carbocycles. The zero-order valence-electron chi connectivity index (χ0n) is 17.9. The molecule has 1 atom stereocenters. The van der Waals surface area contributed by atoms with Crippen molar-refractivity contribution in [3.63, 3.8) is 0 Å². The summed E-state index contributed by atoms with van der Waals surface area (Å²) in [5.74, 6) is -1.92. The minimum atomic E-state index is -2.57. The molecule has 0 bridgehead atoms. The fraction of sp³-hybridized carbons (Fsp3) is 0.389. The van der Waals surface area contributed by atoms with Crippen LogP contribution in [0.25, 0.3) is 11.3 Å². The Balaban J connectivity index is 2.85. The maximum atomic E-state index is 8.48. The minimum Gasteiger partial charge on any atom is -0.201 e. The molecule has 0 amide bonds. The normalized spacial score (nSPS) is 20.2. The molecule has 0 saturated heterocycles. The summed E-state index contributed by atoms with van der Waals surface area (Å²) in [6, 6.07) is 9.38. The first-order valence-electron chi connectivity index (χ1n) is 9.37. The van der Waals surface area contributed by atoms with Crippen molar-refractivity contribution < 1.29 is 12.8 Å². The van der Waals surface area contributed by atoms with Gasteiger partial charge in [0.15, 0.2) is 6.20 Å². The third-order valence-electron chi connectivity index (χ3n) is 3.37. The number of aryl methyl sites for hydroxylation is 3. The molecule has 1 unspecified atom stereocenters. The van der Waals surface area contributed by atoms with Crippen molar-refractivity contribution in [1.82, 2.24) is 0 Å². The summed E-state index contributed by atoms with van der Waals surface area (Å²) in [6.07, 6.45) is -0.152. The maximum Gasteiger partial charge on any atom is 0.212 e. The number of benzene rings is 1. The van der Waals surface area contributed by atoms with Gasteiger partial charge < -0.3 is 0 Å². The lowest BCUT2D eigenvalue weighted by molar-refractivity contribution is -0.660. The van der Waals surface area contributed by atoms with E-state index in [0.717, 1.165) is 16.8 Å². The van der Waals surface area contributed by atoms with Crippen LogP contribution in [0.5, 0.6) is 0 Å². The highest BCUT2D eigenvalue weighted by molar-refractivity contribution is 5.61. The third-order valence-corrected chi connectivity index (χ3v) is 3.37. The number of hydrogen-bond acceptors (Lipinski definition) is 0. The predicted molar refractivity (Wildman–Crippen MR) is 81.3 cm³/mol. The zero-order valence-corrected chi connectivity index (χ0v) is 11.9. The smallest absolute Gasteiger partial charge is 0.201 e. The number of nitrogens with zero attached hydrogens (tertiary/aromatic N) is 1. The molecular weight excluding hydrogens is 230 g/mol. The van der Waals surface area contributed by atoms with Crippen molar-refractivity contribution in [1.29, 1.82) is 0 Å². The van der Waals surface area contributed by atoms with Crippen LogP contribution in [-0.2, 0) is 13.4 Å². The fourth-order valence-corrected chi connectivity index (χ4v) is 2.29. The zero-order chi connectivity index (χ0) is 19.2. The Morgan fingerprint density at radius 2 is 2.16 bits per heavy atom. The monoisotopic (exact) mass is 260 g/mol. The molecule has 0 aliphatic rings. The standard InChI is InChI=1S/C18H24N/c1-6-15-12-19(5)18(11-17(15)13(2)3)16-10-8-7-9-14(16)4/h7-13H,6H2,1-5H3/q+1/i2D3,6D2,13D. The number of aromatic nitrogens is 1. The number of rotatable bonds is 3. The van der Waals surface area contributed by atoms with E-state index in [1.54, 1.807) is 23.9 Å². The van der Waals surface area contributed by atoms with Crippen LogP contribution >= 0.6 is 0 Å². The summed E-state index contributed by atoms with van der Waals surface area (Å²) in [4.78, 5) is 0. The number of pyridine rings is 1. The largest absolute Gasteiger partial charge is 0.212 e.